The van der Waals surface area contributed by atoms with Gasteiger partial charge in [-0.25, -0.2) is 9.67 Å². The second-order valence-electron chi connectivity index (χ2n) is 4.21. The Labute approximate surface area is 115 Å². The summed E-state index contributed by atoms with van der Waals surface area (Å²) in [5.41, 5.74) is 1.86. The van der Waals surface area contributed by atoms with Gasteiger partial charge in [0, 0.05) is 18.7 Å². The van der Waals surface area contributed by atoms with E-state index in [0.717, 1.165) is 11.3 Å². The first kappa shape index (κ1) is 11.9. The lowest BCUT2D eigenvalue weighted by atomic mass is 10.2. The van der Waals surface area contributed by atoms with Gasteiger partial charge in [-0.3, -0.25) is 4.68 Å². The Balaban J connectivity index is 1.82. The van der Waals surface area contributed by atoms with E-state index in [1.807, 2.05) is 43.4 Å². The lowest BCUT2D eigenvalue weighted by molar-refractivity contribution is 0.650. The molecular weight excluding hydrogens is 262 g/mol. The Bertz CT molecular complexity index is 667. The molecule has 0 aliphatic rings. The summed E-state index contributed by atoms with van der Waals surface area (Å²) < 4.78 is 3.38. The van der Waals surface area contributed by atoms with Crippen LogP contribution in [0.1, 0.15) is 5.69 Å². The third kappa shape index (κ3) is 2.51. The topological polar surface area (TPSA) is 48.5 Å². The van der Waals surface area contributed by atoms with E-state index in [2.05, 4.69) is 15.2 Å². The molecule has 5 nitrogen and oxygen atoms in total. The van der Waals surface area contributed by atoms with Crippen LogP contribution < -0.4 is 0 Å². The number of aromatic nitrogens is 5. The van der Waals surface area contributed by atoms with Gasteiger partial charge >= 0.3 is 0 Å². The minimum atomic E-state index is 0.556. The molecule has 0 bridgehead atoms. The first-order valence-corrected chi connectivity index (χ1v) is 6.23. The lowest BCUT2D eigenvalue weighted by Gasteiger charge is -1.96. The fourth-order valence-electron chi connectivity index (χ4n) is 1.83. The molecule has 0 saturated heterocycles. The Morgan fingerprint density at radius 2 is 1.95 bits per heavy atom. The number of halogens is 1. The van der Waals surface area contributed by atoms with E-state index in [1.165, 1.54) is 0 Å². The molecule has 19 heavy (non-hydrogen) atoms. The van der Waals surface area contributed by atoms with Gasteiger partial charge in [0.1, 0.15) is 11.5 Å². The van der Waals surface area contributed by atoms with Crippen molar-refractivity contribution in [2.75, 3.05) is 0 Å². The second-order valence-corrected chi connectivity index (χ2v) is 4.60. The van der Waals surface area contributed by atoms with Crippen molar-refractivity contribution in [3.8, 4) is 11.4 Å². The normalized spacial score (nSPS) is 10.8. The molecule has 0 saturated carbocycles. The van der Waals surface area contributed by atoms with Crippen LogP contribution in [0.25, 0.3) is 11.4 Å². The molecule has 0 radical (unpaired) electrons. The highest BCUT2D eigenvalue weighted by atomic mass is 35.5. The summed E-state index contributed by atoms with van der Waals surface area (Å²) in [5.74, 6) is 0.711. The SMILES string of the molecule is Cn1nc(Cn2cnc(-c3ccccc3)n2)cc1Cl. The highest BCUT2D eigenvalue weighted by molar-refractivity contribution is 6.29. The van der Waals surface area contributed by atoms with Gasteiger partial charge in [-0.15, -0.1) is 0 Å². The molecule has 0 aliphatic heterocycles. The third-order valence-electron chi connectivity index (χ3n) is 2.77. The molecule has 3 rings (SSSR count). The monoisotopic (exact) mass is 273 g/mol. The second kappa shape index (κ2) is 4.85. The average molecular weight is 274 g/mol. The van der Waals surface area contributed by atoms with E-state index in [-0.39, 0.29) is 0 Å². The molecule has 0 atom stereocenters. The van der Waals surface area contributed by atoms with E-state index in [9.17, 15) is 0 Å². The molecule has 2 heterocycles. The van der Waals surface area contributed by atoms with Gasteiger partial charge in [-0.2, -0.15) is 10.2 Å². The number of benzene rings is 1. The number of hydrogen-bond acceptors (Lipinski definition) is 3. The first-order chi connectivity index (χ1) is 9.22. The molecule has 0 spiro atoms. The van der Waals surface area contributed by atoms with Crippen LogP contribution in [-0.2, 0) is 13.6 Å². The maximum Gasteiger partial charge on any atom is 0.181 e. The van der Waals surface area contributed by atoms with Gasteiger partial charge < -0.3 is 0 Å². The van der Waals surface area contributed by atoms with Gasteiger partial charge in [-0.05, 0) is 0 Å². The van der Waals surface area contributed by atoms with Gasteiger partial charge in [0.05, 0.1) is 12.2 Å². The molecule has 0 fully saturated rings. The van der Waals surface area contributed by atoms with E-state index in [0.29, 0.717) is 17.5 Å². The van der Waals surface area contributed by atoms with Crippen LogP contribution in [0.3, 0.4) is 0 Å². The number of aryl methyl sites for hydroxylation is 1. The highest BCUT2D eigenvalue weighted by Gasteiger charge is 2.07. The van der Waals surface area contributed by atoms with E-state index in [4.69, 9.17) is 11.6 Å². The van der Waals surface area contributed by atoms with Crippen molar-refractivity contribution in [3.05, 3.63) is 53.6 Å². The van der Waals surface area contributed by atoms with Crippen LogP contribution in [0, 0.1) is 0 Å². The molecule has 0 amide bonds. The average Bonchev–Trinajstić information content (AvgIpc) is 2.99. The minimum Gasteiger partial charge on any atom is -0.257 e. The van der Waals surface area contributed by atoms with Crippen molar-refractivity contribution in [2.45, 2.75) is 6.54 Å². The standard InChI is InChI=1S/C13H12ClN5/c1-18-12(14)7-11(16-18)8-19-9-15-13(17-19)10-5-3-2-4-6-10/h2-7,9H,8H2,1H3. The van der Waals surface area contributed by atoms with Crippen molar-refractivity contribution in [1.29, 1.82) is 0 Å². The summed E-state index contributed by atoms with van der Waals surface area (Å²) in [6.07, 6.45) is 1.70. The van der Waals surface area contributed by atoms with E-state index < -0.39 is 0 Å². The molecule has 96 valence electrons. The highest BCUT2D eigenvalue weighted by Crippen LogP contribution is 2.14. The maximum absolute atomic E-state index is 5.95. The summed E-state index contributed by atoms with van der Waals surface area (Å²) in [4.78, 5) is 4.30. The zero-order valence-corrected chi connectivity index (χ0v) is 11.1. The maximum atomic E-state index is 5.95. The zero-order chi connectivity index (χ0) is 13.2. The van der Waals surface area contributed by atoms with Crippen molar-refractivity contribution >= 4 is 11.6 Å². The van der Waals surface area contributed by atoms with Crippen LogP contribution in [0.4, 0.5) is 0 Å². The van der Waals surface area contributed by atoms with Crippen molar-refractivity contribution < 1.29 is 0 Å². The largest absolute Gasteiger partial charge is 0.257 e. The number of nitrogens with zero attached hydrogens (tertiary/aromatic N) is 5. The van der Waals surface area contributed by atoms with Gasteiger partial charge in [-0.1, -0.05) is 41.9 Å². The fourth-order valence-corrected chi connectivity index (χ4v) is 2.00. The number of rotatable bonds is 3. The van der Waals surface area contributed by atoms with Crippen LogP contribution in [0.15, 0.2) is 42.7 Å². The van der Waals surface area contributed by atoms with Crippen molar-refractivity contribution in [1.82, 2.24) is 24.5 Å². The van der Waals surface area contributed by atoms with Crippen LogP contribution >= 0.6 is 11.6 Å². The summed E-state index contributed by atoms with van der Waals surface area (Å²) >= 11 is 5.95. The van der Waals surface area contributed by atoms with Crippen LogP contribution in [-0.4, -0.2) is 24.5 Å². The number of hydrogen-bond donors (Lipinski definition) is 0. The lowest BCUT2D eigenvalue weighted by Crippen LogP contribution is -2.02. The molecule has 0 N–H and O–H groups in total. The summed E-state index contributed by atoms with van der Waals surface area (Å²) in [5, 5.41) is 9.32. The zero-order valence-electron chi connectivity index (χ0n) is 10.4. The van der Waals surface area contributed by atoms with Crippen LogP contribution in [0.5, 0.6) is 0 Å². The minimum absolute atomic E-state index is 0.556. The smallest absolute Gasteiger partial charge is 0.181 e. The summed E-state index contributed by atoms with van der Waals surface area (Å²) in [6, 6.07) is 11.7. The Kier molecular flexibility index (Phi) is 3.05. The van der Waals surface area contributed by atoms with Gasteiger partial charge in [0.15, 0.2) is 5.82 Å². The van der Waals surface area contributed by atoms with Crippen molar-refractivity contribution in [2.24, 2.45) is 7.05 Å². The molecule has 3 aromatic rings. The third-order valence-corrected chi connectivity index (χ3v) is 3.12. The van der Waals surface area contributed by atoms with Gasteiger partial charge in [0.25, 0.3) is 0 Å². The summed E-state index contributed by atoms with van der Waals surface area (Å²) in [6.45, 7) is 0.556. The quantitative estimate of drug-likeness (QED) is 0.736. The van der Waals surface area contributed by atoms with E-state index >= 15 is 0 Å². The van der Waals surface area contributed by atoms with Crippen LogP contribution in [0.2, 0.25) is 5.15 Å². The van der Waals surface area contributed by atoms with E-state index in [1.54, 1.807) is 15.7 Å². The first-order valence-electron chi connectivity index (χ1n) is 5.85. The predicted octanol–water partition coefficient (Wildman–Crippen LogP) is 2.38. The molecule has 0 unspecified atom stereocenters. The molecule has 2 aromatic heterocycles. The Morgan fingerprint density at radius 3 is 2.63 bits per heavy atom. The van der Waals surface area contributed by atoms with Crippen molar-refractivity contribution in [3.63, 3.8) is 0 Å². The summed E-state index contributed by atoms with van der Waals surface area (Å²) in [7, 11) is 1.81. The molecular formula is C13H12ClN5. The molecule has 6 heteroatoms. The predicted molar refractivity (Wildman–Crippen MR) is 72.8 cm³/mol. The Morgan fingerprint density at radius 1 is 1.16 bits per heavy atom. The molecule has 0 aliphatic carbocycles. The van der Waals surface area contributed by atoms with Gasteiger partial charge in [0.2, 0.25) is 0 Å². The fraction of sp³-hybridized carbons (Fsp3) is 0.154. The Hall–Kier alpha value is -2.14. The molecule has 1 aromatic carbocycles.